The Morgan fingerprint density at radius 1 is 1.04 bits per heavy atom. The van der Waals surface area contributed by atoms with Gasteiger partial charge in [-0.2, -0.15) is 0 Å². The number of nitrogens with one attached hydrogen (secondary N) is 1. The molecule has 0 amide bonds. The molecule has 1 heterocycles. The first-order valence-corrected chi connectivity index (χ1v) is 9.44. The Kier molecular flexibility index (Phi) is 5.91. The highest BCUT2D eigenvalue weighted by Crippen LogP contribution is 2.27. The smallest absolute Gasteiger partial charge is 0.333 e. The summed E-state index contributed by atoms with van der Waals surface area (Å²) >= 11 is 0. The van der Waals surface area contributed by atoms with E-state index in [0.29, 0.717) is 37.4 Å². The van der Waals surface area contributed by atoms with Crippen molar-refractivity contribution in [2.75, 3.05) is 23.3 Å². The number of aliphatic carboxylic acids is 1. The first kappa shape index (κ1) is 18.4. The average Bonchev–Trinajstić information content (AvgIpc) is 2.67. The van der Waals surface area contributed by atoms with E-state index in [0.717, 1.165) is 37.8 Å². The van der Waals surface area contributed by atoms with Gasteiger partial charge in [0, 0.05) is 43.2 Å². The quantitative estimate of drug-likeness (QED) is 0.761. The van der Waals surface area contributed by atoms with Gasteiger partial charge in [-0.3, -0.25) is 9.59 Å². The number of piperidine rings is 1. The van der Waals surface area contributed by atoms with Crippen LogP contribution in [0.1, 0.15) is 44.9 Å². The maximum Gasteiger partial charge on any atom is 0.333 e. The van der Waals surface area contributed by atoms with E-state index in [1.54, 1.807) is 12.1 Å². The molecule has 26 heavy (non-hydrogen) atoms. The fourth-order valence-electron chi connectivity index (χ4n) is 3.83. The fraction of sp³-hybridized carbons (Fsp3) is 0.550. The predicted octanol–water partition coefficient (Wildman–Crippen LogP) is 2.87. The van der Waals surface area contributed by atoms with Crippen molar-refractivity contribution >= 4 is 28.9 Å². The largest absolute Gasteiger partial charge is 0.479 e. The van der Waals surface area contributed by atoms with Crippen LogP contribution in [0.15, 0.2) is 24.3 Å². The van der Waals surface area contributed by atoms with Crippen molar-refractivity contribution in [1.82, 2.24) is 0 Å². The third-order valence-corrected chi connectivity index (χ3v) is 5.40. The van der Waals surface area contributed by atoms with E-state index < -0.39 is 12.0 Å². The van der Waals surface area contributed by atoms with Crippen LogP contribution in [0.2, 0.25) is 0 Å². The molecule has 6 nitrogen and oxygen atoms in total. The molecule has 0 radical (unpaired) electrons. The second-order valence-electron chi connectivity index (χ2n) is 7.23. The van der Waals surface area contributed by atoms with Gasteiger partial charge >= 0.3 is 5.97 Å². The molecule has 1 aliphatic heterocycles. The number of carboxylic acids is 1. The first-order valence-electron chi connectivity index (χ1n) is 9.44. The lowest BCUT2D eigenvalue weighted by atomic mass is 9.83. The number of hydrogen-bond donors (Lipinski definition) is 2. The van der Waals surface area contributed by atoms with Crippen molar-refractivity contribution in [1.29, 1.82) is 0 Å². The second-order valence-corrected chi connectivity index (χ2v) is 7.23. The number of rotatable bonds is 6. The molecule has 2 N–H and O–H groups in total. The van der Waals surface area contributed by atoms with Gasteiger partial charge in [-0.05, 0) is 37.1 Å². The van der Waals surface area contributed by atoms with Crippen LogP contribution in [0.4, 0.5) is 11.4 Å². The lowest BCUT2D eigenvalue weighted by Gasteiger charge is -2.28. The summed E-state index contributed by atoms with van der Waals surface area (Å²) in [5.74, 6) is -1.19. The summed E-state index contributed by atoms with van der Waals surface area (Å²) in [6.45, 7) is 1.42. The molecular formula is C20H26N2O4. The van der Waals surface area contributed by atoms with Gasteiger partial charge in [-0.15, -0.1) is 0 Å². The summed E-state index contributed by atoms with van der Waals surface area (Å²) in [5, 5.41) is 12.4. The van der Waals surface area contributed by atoms with Gasteiger partial charge in [-0.1, -0.05) is 19.3 Å². The van der Waals surface area contributed by atoms with E-state index in [1.807, 2.05) is 12.1 Å². The lowest BCUT2D eigenvalue weighted by molar-refractivity contribution is -0.142. The Hall–Kier alpha value is -2.37. The molecule has 1 saturated heterocycles. The molecule has 1 aromatic carbocycles. The molecule has 1 atom stereocenters. The molecule has 1 aromatic rings. The topological polar surface area (TPSA) is 86.7 Å². The Morgan fingerprint density at radius 3 is 2.23 bits per heavy atom. The molecular weight excluding hydrogens is 332 g/mol. The molecule has 0 aromatic heterocycles. The molecule has 2 fully saturated rings. The Balaban J connectivity index is 1.64. The summed E-state index contributed by atoms with van der Waals surface area (Å²) in [4.78, 5) is 37.7. The van der Waals surface area contributed by atoms with Crippen molar-refractivity contribution < 1.29 is 19.5 Å². The number of hydrogen-bond acceptors (Lipinski definition) is 5. The van der Waals surface area contributed by atoms with Crippen LogP contribution in [-0.2, 0) is 14.4 Å². The van der Waals surface area contributed by atoms with Gasteiger partial charge in [0.25, 0.3) is 0 Å². The molecule has 1 saturated carbocycles. The number of nitrogens with zero attached hydrogens (tertiary/aromatic N) is 1. The molecule has 1 unspecified atom stereocenters. The molecule has 0 bridgehead atoms. The molecule has 2 aliphatic rings. The zero-order valence-corrected chi connectivity index (χ0v) is 14.9. The van der Waals surface area contributed by atoms with Crippen LogP contribution in [0.5, 0.6) is 0 Å². The summed E-state index contributed by atoms with van der Waals surface area (Å²) in [6, 6.07) is 6.22. The van der Waals surface area contributed by atoms with E-state index >= 15 is 0 Å². The van der Waals surface area contributed by atoms with E-state index in [-0.39, 0.29) is 11.7 Å². The summed E-state index contributed by atoms with van der Waals surface area (Å²) in [6.07, 6.45) is 5.83. The second kappa shape index (κ2) is 8.34. The van der Waals surface area contributed by atoms with Crippen molar-refractivity contribution in [2.24, 2.45) is 5.92 Å². The number of carboxylic acid groups (broad SMARTS) is 1. The minimum absolute atomic E-state index is 0.150. The van der Waals surface area contributed by atoms with Crippen molar-refractivity contribution in [3.8, 4) is 0 Å². The Bertz CT molecular complexity index is 655. The number of ketones is 2. The normalized spacial score (nSPS) is 19.8. The van der Waals surface area contributed by atoms with E-state index in [4.69, 9.17) is 0 Å². The van der Waals surface area contributed by atoms with Crippen molar-refractivity contribution in [2.45, 2.75) is 51.0 Å². The maximum atomic E-state index is 12.6. The highest BCUT2D eigenvalue weighted by Gasteiger charge is 2.33. The minimum Gasteiger partial charge on any atom is -0.479 e. The molecule has 6 heteroatoms. The molecule has 0 spiro atoms. The molecule has 140 valence electrons. The third-order valence-electron chi connectivity index (χ3n) is 5.40. The third kappa shape index (κ3) is 4.42. The summed E-state index contributed by atoms with van der Waals surface area (Å²) in [5.41, 5.74) is 1.63. The van der Waals surface area contributed by atoms with Crippen LogP contribution in [0.3, 0.4) is 0 Å². The first-order chi connectivity index (χ1) is 12.5. The zero-order chi connectivity index (χ0) is 18.5. The average molecular weight is 358 g/mol. The SMILES string of the molecule is O=C1CCN(c2ccc(NC(C(=O)O)C(=O)C3CCCCC3)cc2)CC1. The fourth-order valence-corrected chi connectivity index (χ4v) is 3.83. The van der Waals surface area contributed by atoms with Gasteiger partial charge in [0.15, 0.2) is 11.8 Å². The molecule has 1 aliphatic carbocycles. The van der Waals surface area contributed by atoms with Gasteiger partial charge in [-0.25, -0.2) is 4.79 Å². The van der Waals surface area contributed by atoms with Crippen LogP contribution in [0.25, 0.3) is 0 Å². The van der Waals surface area contributed by atoms with Crippen molar-refractivity contribution in [3.05, 3.63) is 24.3 Å². The van der Waals surface area contributed by atoms with Crippen LogP contribution < -0.4 is 10.2 Å². The Labute approximate surface area is 153 Å². The number of anilines is 2. The molecule has 3 rings (SSSR count). The summed E-state index contributed by atoms with van der Waals surface area (Å²) < 4.78 is 0. The summed E-state index contributed by atoms with van der Waals surface area (Å²) in [7, 11) is 0. The monoisotopic (exact) mass is 358 g/mol. The Morgan fingerprint density at radius 2 is 1.65 bits per heavy atom. The lowest BCUT2D eigenvalue weighted by Crippen LogP contribution is -2.41. The standard InChI is InChI=1S/C20H26N2O4/c23-17-10-12-22(13-11-17)16-8-6-15(7-9-16)21-18(20(25)26)19(24)14-4-2-1-3-5-14/h6-9,14,18,21H,1-5,10-13H2,(H,25,26). The number of carbonyl (C=O) groups excluding carboxylic acids is 2. The number of benzene rings is 1. The van der Waals surface area contributed by atoms with E-state index in [1.165, 1.54) is 0 Å². The van der Waals surface area contributed by atoms with Crippen LogP contribution >= 0.6 is 0 Å². The van der Waals surface area contributed by atoms with Crippen LogP contribution in [0, 0.1) is 5.92 Å². The zero-order valence-electron chi connectivity index (χ0n) is 14.9. The highest BCUT2D eigenvalue weighted by molar-refractivity contribution is 6.06. The van der Waals surface area contributed by atoms with Crippen molar-refractivity contribution in [3.63, 3.8) is 0 Å². The van der Waals surface area contributed by atoms with Gasteiger partial charge in [0.05, 0.1) is 0 Å². The maximum absolute atomic E-state index is 12.6. The highest BCUT2D eigenvalue weighted by atomic mass is 16.4. The van der Waals surface area contributed by atoms with Gasteiger partial charge in [0.2, 0.25) is 0 Å². The number of carbonyl (C=O) groups is 3. The minimum atomic E-state index is -1.20. The number of Topliss-reactive ketones (excluding diaryl/α,β-unsaturated/α-hetero) is 2. The van der Waals surface area contributed by atoms with Crippen LogP contribution in [-0.4, -0.2) is 41.8 Å². The van der Waals surface area contributed by atoms with Gasteiger partial charge in [0.1, 0.15) is 5.78 Å². The van der Waals surface area contributed by atoms with E-state index in [9.17, 15) is 19.5 Å². The predicted molar refractivity (Wildman–Crippen MR) is 99.5 cm³/mol. The van der Waals surface area contributed by atoms with E-state index in [2.05, 4.69) is 10.2 Å². The van der Waals surface area contributed by atoms with Gasteiger partial charge < -0.3 is 15.3 Å².